The van der Waals surface area contributed by atoms with Gasteiger partial charge in [-0.25, -0.2) is 0 Å². The van der Waals surface area contributed by atoms with Crippen LogP contribution in [0.5, 0.6) is 5.75 Å². The molecule has 0 N–H and O–H groups in total. The number of nitrogens with zero attached hydrogens (tertiary/aromatic N) is 1. The third-order valence-electron chi connectivity index (χ3n) is 8.19. The van der Waals surface area contributed by atoms with Crippen molar-refractivity contribution in [3.63, 3.8) is 0 Å². The van der Waals surface area contributed by atoms with Gasteiger partial charge in [0.05, 0.1) is 12.1 Å². The normalized spacial score (nSPS) is 22.2. The minimum absolute atomic E-state index is 0.0597. The Hall–Kier alpha value is -4.56. The Morgan fingerprint density at radius 3 is 2.15 bits per heavy atom. The van der Waals surface area contributed by atoms with Crippen molar-refractivity contribution in [3.05, 3.63) is 151 Å². The Morgan fingerprint density at radius 1 is 0.667 bits per heavy atom. The first-order valence-electron chi connectivity index (χ1n) is 13.8. The molecule has 2 nitrogen and oxygen atoms in total. The summed E-state index contributed by atoms with van der Waals surface area (Å²) < 4.78 is 7.06. The third-order valence-corrected chi connectivity index (χ3v) is 8.19. The summed E-state index contributed by atoms with van der Waals surface area (Å²) in [6.45, 7) is 2.33. The average Bonchev–Trinajstić information content (AvgIpc) is 3.09. The number of hydrogen-bond donors (Lipinski definition) is 0. The number of rotatable bonds is 2. The van der Waals surface area contributed by atoms with Crippen molar-refractivity contribution in [1.29, 1.82) is 0 Å². The molecule has 3 unspecified atom stereocenters. The van der Waals surface area contributed by atoms with E-state index in [-0.39, 0.29) is 12.1 Å². The molecule has 2 aliphatic heterocycles. The lowest BCUT2D eigenvalue weighted by molar-refractivity contribution is 0.448. The number of hydrogen-bond acceptors (Lipinski definition) is 2. The van der Waals surface area contributed by atoms with Crippen LogP contribution in [-0.4, -0.2) is 12.1 Å². The van der Waals surface area contributed by atoms with Crippen molar-refractivity contribution >= 4 is 11.3 Å². The van der Waals surface area contributed by atoms with Gasteiger partial charge in [0.2, 0.25) is 0 Å². The lowest BCUT2D eigenvalue weighted by Crippen LogP contribution is -2.46. The van der Waals surface area contributed by atoms with Gasteiger partial charge in [-0.3, -0.25) is 0 Å². The Kier molecular flexibility index (Phi) is 6.01. The average molecular weight is 506 g/mol. The molecule has 4 aromatic carbocycles. The zero-order valence-electron chi connectivity index (χ0n) is 22.1. The second-order valence-electron chi connectivity index (χ2n) is 10.5. The molecular formula is C37H31NO. The van der Waals surface area contributed by atoms with Gasteiger partial charge in [-0.2, -0.15) is 0 Å². The maximum Gasteiger partial charge on any atom is 0.143 e. The van der Waals surface area contributed by atoms with Crippen molar-refractivity contribution < 1.29 is 4.74 Å². The first-order valence-corrected chi connectivity index (χ1v) is 13.8. The van der Waals surface area contributed by atoms with Crippen LogP contribution < -0.4 is 9.64 Å². The van der Waals surface area contributed by atoms with E-state index in [1.54, 1.807) is 0 Å². The van der Waals surface area contributed by atoms with Crippen molar-refractivity contribution in [2.45, 2.75) is 25.4 Å². The SMILES string of the molecule is CC1C2=C(/C=C\CC3C=CC=CC3N1c1ccccc1)Oc1c(-c3ccccc3)cccc1-c1ccccc12. The van der Waals surface area contributed by atoms with Crippen LogP contribution in [0.4, 0.5) is 5.69 Å². The molecule has 2 heteroatoms. The molecule has 1 aliphatic carbocycles. The minimum atomic E-state index is 0.0597. The smallest absolute Gasteiger partial charge is 0.143 e. The first-order chi connectivity index (χ1) is 19.3. The Morgan fingerprint density at radius 2 is 1.33 bits per heavy atom. The van der Waals surface area contributed by atoms with Crippen molar-refractivity contribution in [3.8, 4) is 28.0 Å². The predicted octanol–water partition coefficient (Wildman–Crippen LogP) is 9.09. The van der Waals surface area contributed by atoms with Gasteiger partial charge in [0.15, 0.2) is 0 Å². The first kappa shape index (κ1) is 23.5. The van der Waals surface area contributed by atoms with Crippen LogP contribution in [0.25, 0.3) is 27.8 Å². The fraction of sp³-hybridized carbons (Fsp3) is 0.135. The van der Waals surface area contributed by atoms with E-state index < -0.39 is 0 Å². The van der Waals surface area contributed by atoms with Crippen molar-refractivity contribution in [2.75, 3.05) is 4.90 Å². The zero-order chi connectivity index (χ0) is 26.2. The molecule has 3 atom stereocenters. The highest BCUT2D eigenvalue weighted by Crippen LogP contribution is 2.48. The molecule has 0 bridgehead atoms. The number of benzene rings is 4. The van der Waals surface area contributed by atoms with E-state index in [1.165, 1.54) is 22.4 Å². The molecule has 0 radical (unpaired) electrons. The van der Waals surface area contributed by atoms with Gasteiger partial charge < -0.3 is 9.64 Å². The van der Waals surface area contributed by atoms with Gasteiger partial charge in [0.1, 0.15) is 11.5 Å². The molecule has 0 saturated heterocycles. The molecule has 4 aromatic rings. The minimum Gasteiger partial charge on any atom is -0.456 e. The molecule has 0 saturated carbocycles. The number of para-hydroxylation sites is 2. The lowest BCUT2D eigenvalue weighted by Gasteiger charge is -2.42. The highest BCUT2D eigenvalue weighted by Gasteiger charge is 2.35. The summed E-state index contributed by atoms with van der Waals surface area (Å²) in [4.78, 5) is 2.58. The molecule has 0 aromatic heterocycles. The summed E-state index contributed by atoms with van der Waals surface area (Å²) in [6, 6.07) is 37.0. The fourth-order valence-electron chi connectivity index (χ4n) is 6.39. The van der Waals surface area contributed by atoms with Crippen LogP contribution >= 0.6 is 0 Å². The van der Waals surface area contributed by atoms with Crippen LogP contribution in [0.3, 0.4) is 0 Å². The summed E-state index contributed by atoms with van der Waals surface area (Å²) in [5, 5.41) is 0. The van der Waals surface area contributed by atoms with Gasteiger partial charge in [-0.15, -0.1) is 0 Å². The van der Waals surface area contributed by atoms with E-state index in [1.807, 2.05) is 0 Å². The largest absolute Gasteiger partial charge is 0.456 e. The van der Waals surface area contributed by atoms with Gasteiger partial charge in [-0.05, 0) is 48.2 Å². The molecule has 0 amide bonds. The van der Waals surface area contributed by atoms with E-state index in [4.69, 9.17) is 4.74 Å². The molecule has 190 valence electrons. The summed E-state index contributed by atoms with van der Waals surface area (Å²) >= 11 is 0. The van der Waals surface area contributed by atoms with Crippen LogP contribution in [0, 0.1) is 5.92 Å². The van der Waals surface area contributed by atoms with E-state index in [0.29, 0.717) is 5.92 Å². The predicted molar refractivity (Wildman–Crippen MR) is 163 cm³/mol. The Balaban J connectivity index is 1.48. The van der Waals surface area contributed by atoms with E-state index >= 15 is 0 Å². The van der Waals surface area contributed by atoms with Gasteiger partial charge in [0, 0.05) is 28.3 Å². The van der Waals surface area contributed by atoms with Crippen LogP contribution in [0.15, 0.2) is 145 Å². The topological polar surface area (TPSA) is 12.5 Å². The van der Waals surface area contributed by atoms with Gasteiger partial charge in [0.25, 0.3) is 0 Å². The van der Waals surface area contributed by atoms with E-state index in [2.05, 4.69) is 151 Å². The lowest BCUT2D eigenvalue weighted by atomic mass is 9.86. The van der Waals surface area contributed by atoms with Crippen LogP contribution in [0.1, 0.15) is 18.9 Å². The van der Waals surface area contributed by atoms with Crippen molar-refractivity contribution in [2.24, 2.45) is 5.92 Å². The summed E-state index contributed by atoms with van der Waals surface area (Å²) in [6.07, 6.45) is 14.6. The second kappa shape index (κ2) is 9.96. The zero-order valence-corrected chi connectivity index (χ0v) is 22.1. The molecular weight excluding hydrogens is 474 g/mol. The standard InChI is InChI=1S/C37H31NO/c1-26-36-32-21-10-9-20-31(32)33-23-13-22-30(27-14-4-2-5-15-27)37(33)39-35(36)25-12-17-28-16-8-11-24-34(28)38(26)29-18-6-3-7-19-29/h2-16,18-26,28,34H,17H2,1H3/b25-12-. The fourth-order valence-corrected chi connectivity index (χ4v) is 6.39. The third kappa shape index (κ3) is 4.13. The Labute approximate surface area is 230 Å². The highest BCUT2D eigenvalue weighted by molar-refractivity contribution is 5.93. The summed E-state index contributed by atoms with van der Waals surface area (Å²) in [5.74, 6) is 2.21. The molecule has 0 fully saturated rings. The number of fused-ring (bicyclic) bond motifs is 5. The van der Waals surface area contributed by atoms with Crippen molar-refractivity contribution in [1.82, 2.24) is 0 Å². The number of anilines is 1. The van der Waals surface area contributed by atoms with Gasteiger partial charge >= 0.3 is 0 Å². The van der Waals surface area contributed by atoms with E-state index in [9.17, 15) is 0 Å². The molecule has 3 aliphatic rings. The van der Waals surface area contributed by atoms with Crippen LogP contribution in [-0.2, 0) is 0 Å². The maximum absolute atomic E-state index is 7.06. The second-order valence-corrected chi connectivity index (χ2v) is 10.5. The van der Waals surface area contributed by atoms with Crippen LogP contribution in [0.2, 0.25) is 0 Å². The maximum atomic E-state index is 7.06. The molecule has 0 spiro atoms. The molecule has 7 rings (SSSR count). The summed E-state index contributed by atoms with van der Waals surface area (Å²) in [5.41, 5.74) is 8.26. The van der Waals surface area contributed by atoms with E-state index in [0.717, 1.165) is 34.6 Å². The monoisotopic (exact) mass is 505 g/mol. The Bertz CT molecular complexity index is 1630. The summed E-state index contributed by atoms with van der Waals surface area (Å²) in [7, 11) is 0. The number of allylic oxidation sites excluding steroid dienone is 4. The quantitative estimate of drug-likeness (QED) is 0.269. The number of ether oxygens (including phenoxy) is 1. The van der Waals surface area contributed by atoms with Gasteiger partial charge in [-0.1, -0.05) is 121 Å². The highest BCUT2D eigenvalue weighted by atomic mass is 16.5. The molecule has 2 heterocycles. The molecule has 39 heavy (non-hydrogen) atoms.